The molecule has 0 aliphatic heterocycles. The van der Waals surface area contributed by atoms with Crippen LogP contribution in [0.3, 0.4) is 0 Å². The van der Waals surface area contributed by atoms with Crippen LogP contribution < -0.4 is 0 Å². The standard InChI is InChI=1S/C7H4Br2FI/c8-3-4-1-6(10)5(9)2-7(4)11/h1-2H,3H2. The second-order valence-electron chi connectivity index (χ2n) is 1.99. The van der Waals surface area contributed by atoms with Gasteiger partial charge in [-0.3, -0.25) is 0 Å². The van der Waals surface area contributed by atoms with Gasteiger partial charge in [0.15, 0.2) is 0 Å². The van der Waals surface area contributed by atoms with Crippen LogP contribution in [0.2, 0.25) is 0 Å². The van der Waals surface area contributed by atoms with Gasteiger partial charge in [0.25, 0.3) is 0 Å². The molecule has 0 nitrogen and oxygen atoms in total. The molecule has 0 fully saturated rings. The second kappa shape index (κ2) is 4.18. The average Bonchev–Trinajstić information content (AvgIpc) is 1.97. The molecule has 4 heteroatoms. The molecular formula is C7H4Br2FI. The van der Waals surface area contributed by atoms with E-state index in [0.717, 1.165) is 9.13 Å². The highest BCUT2D eigenvalue weighted by Gasteiger charge is 2.04. The maximum Gasteiger partial charge on any atom is 0.137 e. The highest BCUT2D eigenvalue weighted by Crippen LogP contribution is 2.23. The lowest BCUT2D eigenvalue weighted by molar-refractivity contribution is 0.619. The van der Waals surface area contributed by atoms with E-state index in [4.69, 9.17) is 0 Å². The minimum absolute atomic E-state index is 0.208. The van der Waals surface area contributed by atoms with Crippen LogP contribution in [-0.2, 0) is 5.33 Å². The first-order valence-corrected chi connectivity index (χ1v) is 5.84. The number of rotatable bonds is 1. The summed E-state index contributed by atoms with van der Waals surface area (Å²) in [6.45, 7) is 0. The van der Waals surface area contributed by atoms with Crippen molar-refractivity contribution in [1.29, 1.82) is 0 Å². The summed E-state index contributed by atoms with van der Waals surface area (Å²) in [6, 6.07) is 3.30. The predicted octanol–water partition coefficient (Wildman–Crippen LogP) is 4.09. The molecule has 0 aromatic heterocycles. The third kappa shape index (κ3) is 2.39. The Morgan fingerprint density at radius 1 is 1.45 bits per heavy atom. The van der Waals surface area contributed by atoms with Crippen LogP contribution in [0.25, 0.3) is 0 Å². The molecule has 0 aliphatic carbocycles. The van der Waals surface area contributed by atoms with E-state index < -0.39 is 0 Å². The van der Waals surface area contributed by atoms with E-state index in [9.17, 15) is 4.39 Å². The highest BCUT2D eigenvalue weighted by atomic mass is 127. The number of halogens is 4. The zero-order valence-corrected chi connectivity index (χ0v) is 10.7. The van der Waals surface area contributed by atoms with Crippen molar-refractivity contribution >= 4 is 54.5 Å². The van der Waals surface area contributed by atoms with Gasteiger partial charge in [0.05, 0.1) is 4.47 Å². The summed E-state index contributed by atoms with van der Waals surface area (Å²) in [5.41, 5.74) is 0.978. The van der Waals surface area contributed by atoms with E-state index in [1.807, 2.05) is 0 Å². The van der Waals surface area contributed by atoms with E-state index in [0.29, 0.717) is 9.80 Å². The fraction of sp³-hybridized carbons (Fsp3) is 0.143. The summed E-state index contributed by atoms with van der Waals surface area (Å²) in [6.07, 6.45) is 0. The third-order valence-electron chi connectivity index (χ3n) is 1.23. The van der Waals surface area contributed by atoms with Crippen molar-refractivity contribution in [2.24, 2.45) is 0 Å². The minimum atomic E-state index is -0.208. The largest absolute Gasteiger partial charge is 0.206 e. The number of benzene rings is 1. The third-order valence-corrected chi connectivity index (χ3v) is 3.45. The van der Waals surface area contributed by atoms with Gasteiger partial charge in [-0.05, 0) is 56.2 Å². The van der Waals surface area contributed by atoms with E-state index >= 15 is 0 Å². The molecule has 0 amide bonds. The van der Waals surface area contributed by atoms with Gasteiger partial charge in [0.2, 0.25) is 0 Å². The smallest absolute Gasteiger partial charge is 0.137 e. The van der Waals surface area contributed by atoms with Gasteiger partial charge in [0, 0.05) is 8.90 Å². The maximum absolute atomic E-state index is 12.9. The molecule has 11 heavy (non-hydrogen) atoms. The first-order chi connectivity index (χ1) is 5.15. The van der Waals surface area contributed by atoms with Crippen LogP contribution in [0.5, 0.6) is 0 Å². The Morgan fingerprint density at radius 3 is 2.64 bits per heavy atom. The maximum atomic E-state index is 12.9. The van der Waals surface area contributed by atoms with Gasteiger partial charge < -0.3 is 0 Å². The molecule has 1 aromatic carbocycles. The molecule has 0 unspecified atom stereocenters. The van der Waals surface area contributed by atoms with E-state index in [1.54, 1.807) is 6.07 Å². The number of hydrogen-bond donors (Lipinski definition) is 0. The fourth-order valence-corrected chi connectivity index (χ4v) is 3.08. The van der Waals surface area contributed by atoms with Crippen molar-refractivity contribution in [2.45, 2.75) is 5.33 Å². The normalized spacial score (nSPS) is 10.2. The molecule has 0 saturated carbocycles. The van der Waals surface area contributed by atoms with Crippen LogP contribution in [-0.4, -0.2) is 0 Å². The molecule has 0 atom stereocenters. The Morgan fingerprint density at radius 2 is 2.09 bits per heavy atom. The SMILES string of the molecule is Fc1cc(CBr)c(I)cc1Br. The lowest BCUT2D eigenvalue weighted by atomic mass is 10.2. The second-order valence-corrected chi connectivity index (χ2v) is 4.57. The number of alkyl halides is 1. The van der Waals surface area contributed by atoms with Gasteiger partial charge in [-0.2, -0.15) is 0 Å². The first kappa shape index (κ1) is 9.92. The average molecular weight is 394 g/mol. The minimum Gasteiger partial charge on any atom is -0.206 e. The molecule has 0 bridgehead atoms. The van der Waals surface area contributed by atoms with E-state index in [-0.39, 0.29) is 5.82 Å². The van der Waals surface area contributed by atoms with Gasteiger partial charge in [-0.15, -0.1) is 0 Å². The molecule has 0 aliphatic rings. The Hall–Kier alpha value is 0.840. The zero-order chi connectivity index (χ0) is 8.43. The summed E-state index contributed by atoms with van der Waals surface area (Å²) >= 11 is 8.57. The van der Waals surface area contributed by atoms with E-state index in [1.165, 1.54) is 6.07 Å². The molecule has 0 spiro atoms. The molecule has 0 saturated heterocycles. The van der Waals surface area contributed by atoms with Crippen LogP contribution in [0.4, 0.5) is 4.39 Å². The summed E-state index contributed by atoms with van der Waals surface area (Å²) in [4.78, 5) is 0. The van der Waals surface area contributed by atoms with Crippen molar-refractivity contribution < 1.29 is 4.39 Å². The molecular weight excluding hydrogens is 390 g/mol. The Kier molecular flexibility index (Phi) is 3.77. The van der Waals surface area contributed by atoms with Crippen LogP contribution >= 0.6 is 54.5 Å². The fourth-order valence-electron chi connectivity index (χ4n) is 0.666. The Balaban J connectivity index is 3.21. The van der Waals surface area contributed by atoms with Crippen molar-refractivity contribution in [2.75, 3.05) is 0 Å². The topological polar surface area (TPSA) is 0 Å². The van der Waals surface area contributed by atoms with Gasteiger partial charge in [-0.25, -0.2) is 4.39 Å². The van der Waals surface area contributed by atoms with Crippen LogP contribution in [0, 0.1) is 9.39 Å². The lowest BCUT2D eigenvalue weighted by Crippen LogP contribution is -1.87. The lowest BCUT2D eigenvalue weighted by Gasteiger charge is -2.01. The zero-order valence-electron chi connectivity index (χ0n) is 5.37. The molecule has 0 N–H and O–H groups in total. The van der Waals surface area contributed by atoms with Gasteiger partial charge in [-0.1, -0.05) is 15.9 Å². The summed E-state index contributed by atoms with van der Waals surface area (Å²) in [7, 11) is 0. The molecule has 0 radical (unpaired) electrons. The summed E-state index contributed by atoms with van der Waals surface area (Å²) in [5, 5.41) is 0.690. The van der Waals surface area contributed by atoms with Crippen molar-refractivity contribution in [3.8, 4) is 0 Å². The van der Waals surface area contributed by atoms with Crippen LogP contribution in [0.1, 0.15) is 5.56 Å². The van der Waals surface area contributed by atoms with Gasteiger partial charge in [0.1, 0.15) is 5.82 Å². The molecule has 0 heterocycles. The van der Waals surface area contributed by atoms with Crippen LogP contribution in [0.15, 0.2) is 16.6 Å². The van der Waals surface area contributed by atoms with Crippen molar-refractivity contribution in [3.05, 3.63) is 31.6 Å². The molecule has 1 rings (SSSR count). The summed E-state index contributed by atoms with van der Waals surface area (Å²) in [5.74, 6) is -0.208. The Bertz CT molecular complexity index is 275. The Labute approximate surface area is 95.0 Å². The molecule has 1 aromatic rings. The van der Waals surface area contributed by atoms with Crippen molar-refractivity contribution in [1.82, 2.24) is 0 Å². The first-order valence-electron chi connectivity index (χ1n) is 2.84. The summed E-state index contributed by atoms with van der Waals surface area (Å²) < 4.78 is 14.5. The predicted molar refractivity (Wildman–Crippen MR) is 59.4 cm³/mol. The molecule has 60 valence electrons. The quantitative estimate of drug-likeness (QED) is 0.383. The highest BCUT2D eigenvalue weighted by molar-refractivity contribution is 14.1. The van der Waals surface area contributed by atoms with Crippen molar-refractivity contribution in [3.63, 3.8) is 0 Å². The monoisotopic (exact) mass is 392 g/mol. The van der Waals surface area contributed by atoms with E-state index in [2.05, 4.69) is 54.5 Å². The number of hydrogen-bond acceptors (Lipinski definition) is 0. The van der Waals surface area contributed by atoms with Gasteiger partial charge >= 0.3 is 0 Å².